The Morgan fingerprint density at radius 2 is 1.63 bits per heavy atom. The summed E-state index contributed by atoms with van der Waals surface area (Å²) in [5.41, 5.74) is 2.08. The Labute approximate surface area is 181 Å². The molecule has 1 fully saturated rings. The van der Waals surface area contributed by atoms with E-state index >= 15 is 0 Å². The standard InChI is InChI=1S/C22H26ClFN4O2/c1-16-2-5-18(6-3-16)25-22(30)15-28-12-10-27(11-13-28)9-8-21(29)26-20-7-4-17(23)14-19(20)24/h2-7,14H,8-13,15H2,1H3,(H,25,30)(H,26,29). The number of carbonyl (C=O) groups is 2. The number of hydrogen-bond donors (Lipinski definition) is 2. The fourth-order valence-electron chi connectivity index (χ4n) is 3.27. The van der Waals surface area contributed by atoms with Crippen LogP contribution in [0.15, 0.2) is 42.5 Å². The first-order valence-corrected chi connectivity index (χ1v) is 10.3. The van der Waals surface area contributed by atoms with Gasteiger partial charge in [0.25, 0.3) is 0 Å². The maximum absolute atomic E-state index is 13.8. The van der Waals surface area contributed by atoms with Gasteiger partial charge in [0, 0.05) is 49.9 Å². The van der Waals surface area contributed by atoms with Gasteiger partial charge in [-0.25, -0.2) is 4.39 Å². The number of carbonyl (C=O) groups excluding carboxylic acids is 2. The van der Waals surface area contributed by atoms with Crippen molar-refractivity contribution < 1.29 is 14.0 Å². The maximum Gasteiger partial charge on any atom is 0.238 e. The van der Waals surface area contributed by atoms with E-state index in [2.05, 4.69) is 20.4 Å². The quantitative estimate of drug-likeness (QED) is 0.704. The fraction of sp³-hybridized carbons (Fsp3) is 0.364. The van der Waals surface area contributed by atoms with Gasteiger partial charge < -0.3 is 15.5 Å². The van der Waals surface area contributed by atoms with Crippen molar-refractivity contribution in [2.75, 3.05) is 49.9 Å². The van der Waals surface area contributed by atoms with Gasteiger partial charge >= 0.3 is 0 Å². The summed E-state index contributed by atoms with van der Waals surface area (Å²) in [6.07, 6.45) is 0.274. The number of amides is 2. The molecule has 30 heavy (non-hydrogen) atoms. The van der Waals surface area contributed by atoms with E-state index in [9.17, 15) is 14.0 Å². The van der Waals surface area contributed by atoms with E-state index in [0.717, 1.165) is 37.4 Å². The molecule has 2 aromatic rings. The average Bonchev–Trinajstić information content (AvgIpc) is 2.71. The Kier molecular flexibility index (Phi) is 7.79. The van der Waals surface area contributed by atoms with Crippen molar-refractivity contribution in [1.29, 1.82) is 0 Å². The highest BCUT2D eigenvalue weighted by molar-refractivity contribution is 6.30. The highest BCUT2D eigenvalue weighted by Crippen LogP contribution is 2.19. The molecule has 0 aliphatic carbocycles. The molecule has 0 radical (unpaired) electrons. The molecule has 0 aromatic heterocycles. The predicted octanol–water partition coefficient (Wildman–Crippen LogP) is 3.37. The second kappa shape index (κ2) is 10.5. The molecule has 1 saturated heterocycles. The van der Waals surface area contributed by atoms with Gasteiger partial charge in [-0.1, -0.05) is 29.3 Å². The lowest BCUT2D eigenvalue weighted by molar-refractivity contribution is -0.117. The number of halogens is 2. The van der Waals surface area contributed by atoms with Crippen LogP contribution in [0.4, 0.5) is 15.8 Å². The molecular formula is C22H26ClFN4O2. The minimum absolute atomic E-state index is 0.0309. The topological polar surface area (TPSA) is 64.7 Å². The van der Waals surface area contributed by atoms with Crippen molar-refractivity contribution in [3.63, 3.8) is 0 Å². The third-order valence-corrected chi connectivity index (χ3v) is 5.26. The lowest BCUT2D eigenvalue weighted by atomic mass is 10.2. The van der Waals surface area contributed by atoms with Gasteiger partial charge in [-0.15, -0.1) is 0 Å². The molecule has 2 amide bonds. The summed E-state index contributed by atoms with van der Waals surface area (Å²) in [6, 6.07) is 11.9. The van der Waals surface area contributed by atoms with Gasteiger partial charge in [0.1, 0.15) is 5.82 Å². The molecule has 0 saturated carbocycles. The minimum Gasteiger partial charge on any atom is -0.325 e. The van der Waals surface area contributed by atoms with E-state index in [1.165, 1.54) is 18.2 Å². The van der Waals surface area contributed by atoms with Crippen LogP contribution in [0.25, 0.3) is 0 Å². The zero-order valence-electron chi connectivity index (χ0n) is 17.0. The lowest BCUT2D eigenvalue weighted by Gasteiger charge is -2.34. The molecule has 3 rings (SSSR count). The largest absolute Gasteiger partial charge is 0.325 e. The second-order valence-electron chi connectivity index (χ2n) is 7.45. The Bertz CT molecular complexity index is 883. The van der Waals surface area contributed by atoms with E-state index in [1.54, 1.807) is 0 Å². The number of nitrogens with one attached hydrogen (secondary N) is 2. The first-order valence-electron chi connectivity index (χ1n) is 9.95. The number of nitrogens with zero attached hydrogens (tertiary/aromatic N) is 2. The SMILES string of the molecule is Cc1ccc(NC(=O)CN2CCN(CCC(=O)Nc3ccc(Cl)cc3F)CC2)cc1. The maximum atomic E-state index is 13.8. The van der Waals surface area contributed by atoms with Gasteiger partial charge in [0.2, 0.25) is 11.8 Å². The predicted molar refractivity (Wildman–Crippen MR) is 117 cm³/mol. The molecule has 6 nitrogen and oxygen atoms in total. The molecule has 0 spiro atoms. The molecule has 160 valence electrons. The molecule has 1 aliphatic rings. The summed E-state index contributed by atoms with van der Waals surface area (Å²) in [7, 11) is 0. The van der Waals surface area contributed by atoms with E-state index in [1.807, 2.05) is 31.2 Å². The number of anilines is 2. The van der Waals surface area contributed by atoms with Crippen molar-refractivity contribution in [1.82, 2.24) is 9.80 Å². The van der Waals surface area contributed by atoms with Crippen LogP contribution in [-0.4, -0.2) is 60.9 Å². The van der Waals surface area contributed by atoms with Crippen LogP contribution in [0.5, 0.6) is 0 Å². The van der Waals surface area contributed by atoms with Crippen LogP contribution < -0.4 is 10.6 Å². The van der Waals surface area contributed by atoms with Gasteiger partial charge in [-0.3, -0.25) is 14.5 Å². The molecular weight excluding hydrogens is 407 g/mol. The van der Waals surface area contributed by atoms with Crippen LogP contribution >= 0.6 is 11.6 Å². The fourth-order valence-corrected chi connectivity index (χ4v) is 3.43. The summed E-state index contributed by atoms with van der Waals surface area (Å²) < 4.78 is 13.8. The van der Waals surface area contributed by atoms with Crippen LogP contribution in [0.3, 0.4) is 0 Å². The van der Waals surface area contributed by atoms with E-state index < -0.39 is 5.82 Å². The summed E-state index contributed by atoms with van der Waals surface area (Å²) in [6.45, 7) is 6.01. The van der Waals surface area contributed by atoms with Crippen molar-refractivity contribution in [2.24, 2.45) is 0 Å². The molecule has 0 unspecified atom stereocenters. The number of hydrogen-bond acceptors (Lipinski definition) is 4. The molecule has 1 aliphatic heterocycles. The highest BCUT2D eigenvalue weighted by Gasteiger charge is 2.19. The minimum atomic E-state index is -0.548. The molecule has 0 atom stereocenters. The van der Waals surface area contributed by atoms with Gasteiger partial charge in [0.15, 0.2) is 0 Å². The number of rotatable bonds is 7. The molecule has 2 aromatic carbocycles. The molecule has 8 heteroatoms. The monoisotopic (exact) mass is 432 g/mol. The van der Waals surface area contributed by atoms with Crippen molar-refractivity contribution >= 4 is 34.8 Å². The van der Waals surface area contributed by atoms with Gasteiger partial charge in [-0.05, 0) is 37.3 Å². The third-order valence-electron chi connectivity index (χ3n) is 5.03. The first-order chi connectivity index (χ1) is 14.4. The van der Waals surface area contributed by atoms with Crippen LogP contribution in [0.2, 0.25) is 5.02 Å². The van der Waals surface area contributed by atoms with Gasteiger partial charge in [0.05, 0.1) is 12.2 Å². The summed E-state index contributed by atoms with van der Waals surface area (Å²) in [5, 5.41) is 5.78. The third kappa shape index (κ3) is 6.79. The Morgan fingerprint density at radius 3 is 2.30 bits per heavy atom. The molecule has 0 bridgehead atoms. The van der Waals surface area contributed by atoms with Crippen LogP contribution in [0.1, 0.15) is 12.0 Å². The zero-order valence-corrected chi connectivity index (χ0v) is 17.7. The molecule has 1 heterocycles. The van der Waals surface area contributed by atoms with Crippen LogP contribution in [-0.2, 0) is 9.59 Å². The van der Waals surface area contributed by atoms with Crippen molar-refractivity contribution in [3.05, 3.63) is 58.9 Å². The Balaban J connectivity index is 1.35. The first kappa shape index (κ1) is 22.2. The summed E-state index contributed by atoms with van der Waals surface area (Å²) >= 11 is 5.72. The number of benzene rings is 2. The van der Waals surface area contributed by atoms with Crippen LogP contribution in [0, 0.1) is 12.7 Å². The lowest BCUT2D eigenvalue weighted by Crippen LogP contribution is -2.49. The van der Waals surface area contributed by atoms with Gasteiger partial charge in [-0.2, -0.15) is 0 Å². The van der Waals surface area contributed by atoms with Crippen molar-refractivity contribution in [3.8, 4) is 0 Å². The highest BCUT2D eigenvalue weighted by atomic mass is 35.5. The number of piperazine rings is 1. The zero-order chi connectivity index (χ0) is 21.5. The van der Waals surface area contributed by atoms with E-state index in [4.69, 9.17) is 11.6 Å². The normalized spacial score (nSPS) is 15.0. The Hall–Kier alpha value is -2.48. The molecule has 2 N–H and O–H groups in total. The summed E-state index contributed by atoms with van der Waals surface area (Å²) in [5.74, 6) is -0.818. The smallest absolute Gasteiger partial charge is 0.238 e. The van der Waals surface area contributed by atoms with E-state index in [-0.39, 0.29) is 28.9 Å². The summed E-state index contributed by atoms with van der Waals surface area (Å²) in [4.78, 5) is 28.6. The van der Waals surface area contributed by atoms with E-state index in [0.29, 0.717) is 13.1 Å². The average molecular weight is 433 g/mol. The number of aryl methyl sites for hydroxylation is 1. The van der Waals surface area contributed by atoms with Crippen molar-refractivity contribution in [2.45, 2.75) is 13.3 Å². The second-order valence-corrected chi connectivity index (χ2v) is 7.89. The Morgan fingerprint density at radius 1 is 0.967 bits per heavy atom.